The summed E-state index contributed by atoms with van der Waals surface area (Å²) in [4.78, 5) is 26.6. The third kappa shape index (κ3) is 5.72. The van der Waals surface area contributed by atoms with Crippen LogP contribution < -0.4 is 15.5 Å². The Morgan fingerprint density at radius 1 is 1.12 bits per heavy atom. The molecule has 0 saturated carbocycles. The standard InChI is InChI=1S/C23H25FN6O3S/c1-2-16-6-5-7-17(14-16)30-22(29-10-12-33-13-11-29)27-28-23(30)34-15-20(31)26-21(32)25-19-9-4-3-8-18(19)24/h3-9,14H,2,10-13,15H2,1H3,(H2,25,26,31,32). The molecular formula is C23H25FN6O3S. The lowest BCUT2D eigenvalue weighted by atomic mass is 10.1. The van der Waals surface area contributed by atoms with E-state index in [0.29, 0.717) is 37.4 Å². The van der Waals surface area contributed by atoms with Gasteiger partial charge >= 0.3 is 6.03 Å². The van der Waals surface area contributed by atoms with Crippen molar-refractivity contribution in [3.05, 3.63) is 59.9 Å². The van der Waals surface area contributed by atoms with Gasteiger partial charge in [-0.25, -0.2) is 9.18 Å². The number of halogens is 1. The molecule has 11 heteroatoms. The van der Waals surface area contributed by atoms with E-state index in [0.717, 1.165) is 17.7 Å². The Labute approximate surface area is 200 Å². The fraction of sp³-hybridized carbons (Fsp3) is 0.304. The number of thioether (sulfide) groups is 1. The molecule has 1 aliphatic heterocycles. The number of aryl methyl sites for hydroxylation is 1. The number of imide groups is 1. The Bertz CT molecular complexity index is 1170. The van der Waals surface area contributed by atoms with E-state index in [1.54, 1.807) is 6.07 Å². The highest BCUT2D eigenvalue weighted by Crippen LogP contribution is 2.27. The Hall–Kier alpha value is -3.44. The second kappa shape index (κ2) is 11.1. The van der Waals surface area contributed by atoms with Gasteiger partial charge in [-0.1, -0.05) is 43.0 Å². The first-order valence-electron chi connectivity index (χ1n) is 10.9. The number of rotatable bonds is 7. The number of anilines is 2. The summed E-state index contributed by atoms with van der Waals surface area (Å²) in [5, 5.41) is 13.8. The van der Waals surface area contributed by atoms with E-state index < -0.39 is 17.8 Å². The van der Waals surface area contributed by atoms with Crippen LogP contribution in [0, 0.1) is 5.82 Å². The maximum atomic E-state index is 13.7. The summed E-state index contributed by atoms with van der Waals surface area (Å²) in [6.45, 7) is 4.66. The van der Waals surface area contributed by atoms with Crippen molar-refractivity contribution in [2.24, 2.45) is 0 Å². The highest BCUT2D eigenvalue weighted by molar-refractivity contribution is 7.99. The van der Waals surface area contributed by atoms with Gasteiger partial charge in [0, 0.05) is 13.1 Å². The molecular weight excluding hydrogens is 459 g/mol. The monoisotopic (exact) mass is 484 g/mol. The molecule has 3 amide bonds. The van der Waals surface area contributed by atoms with Gasteiger partial charge in [0.15, 0.2) is 5.16 Å². The zero-order valence-corrected chi connectivity index (χ0v) is 19.5. The first kappa shape index (κ1) is 23.7. The van der Waals surface area contributed by atoms with Crippen molar-refractivity contribution < 1.29 is 18.7 Å². The van der Waals surface area contributed by atoms with Gasteiger partial charge in [0.25, 0.3) is 0 Å². The SMILES string of the molecule is CCc1cccc(-n2c(SCC(=O)NC(=O)Nc3ccccc3F)nnc2N2CCOCC2)c1. The van der Waals surface area contributed by atoms with Crippen LogP contribution >= 0.6 is 11.8 Å². The van der Waals surface area contributed by atoms with Gasteiger partial charge in [0.05, 0.1) is 30.3 Å². The number of carbonyl (C=O) groups is 2. The largest absolute Gasteiger partial charge is 0.378 e. The molecule has 0 radical (unpaired) electrons. The molecule has 1 fully saturated rings. The van der Waals surface area contributed by atoms with Crippen molar-refractivity contribution in [2.45, 2.75) is 18.5 Å². The summed E-state index contributed by atoms with van der Waals surface area (Å²) >= 11 is 1.17. The summed E-state index contributed by atoms with van der Waals surface area (Å²) in [5.41, 5.74) is 2.05. The van der Waals surface area contributed by atoms with Crippen LogP contribution in [0.15, 0.2) is 53.7 Å². The predicted octanol–water partition coefficient (Wildman–Crippen LogP) is 3.25. The Kier molecular flexibility index (Phi) is 7.76. The fourth-order valence-electron chi connectivity index (χ4n) is 3.47. The smallest absolute Gasteiger partial charge is 0.325 e. The highest BCUT2D eigenvalue weighted by atomic mass is 32.2. The van der Waals surface area contributed by atoms with Crippen molar-refractivity contribution in [2.75, 3.05) is 42.3 Å². The van der Waals surface area contributed by atoms with Gasteiger partial charge in [-0.05, 0) is 36.2 Å². The Morgan fingerprint density at radius 2 is 1.91 bits per heavy atom. The lowest BCUT2D eigenvalue weighted by Crippen LogP contribution is -2.38. The third-order valence-corrected chi connectivity index (χ3v) is 6.12. The number of carbonyl (C=O) groups excluding carboxylic acids is 2. The average molecular weight is 485 g/mol. The number of hydrogen-bond acceptors (Lipinski definition) is 7. The number of urea groups is 1. The maximum Gasteiger partial charge on any atom is 0.325 e. The van der Waals surface area contributed by atoms with Crippen LogP contribution in [0.3, 0.4) is 0 Å². The van der Waals surface area contributed by atoms with Gasteiger partial charge in [0.2, 0.25) is 11.9 Å². The minimum absolute atomic E-state index is 0.00819. The molecule has 1 aromatic heterocycles. The van der Waals surface area contributed by atoms with Crippen molar-refractivity contribution in [1.82, 2.24) is 20.1 Å². The number of para-hydroxylation sites is 1. The van der Waals surface area contributed by atoms with Gasteiger partial charge < -0.3 is 15.0 Å². The van der Waals surface area contributed by atoms with Crippen LogP contribution in [0.4, 0.5) is 20.8 Å². The fourth-order valence-corrected chi connectivity index (χ4v) is 4.22. The number of nitrogens with zero attached hydrogens (tertiary/aromatic N) is 4. The second-order valence-corrected chi connectivity index (χ2v) is 8.45. The van der Waals surface area contributed by atoms with Crippen LogP contribution in [0.25, 0.3) is 5.69 Å². The molecule has 2 heterocycles. The molecule has 0 unspecified atom stereocenters. The zero-order chi connectivity index (χ0) is 23.9. The molecule has 0 atom stereocenters. The molecule has 3 aromatic rings. The van der Waals surface area contributed by atoms with E-state index in [1.165, 1.54) is 30.0 Å². The van der Waals surface area contributed by atoms with Gasteiger partial charge in [-0.2, -0.15) is 0 Å². The van der Waals surface area contributed by atoms with E-state index in [2.05, 4.69) is 44.8 Å². The summed E-state index contributed by atoms with van der Waals surface area (Å²) in [7, 11) is 0. The summed E-state index contributed by atoms with van der Waals surface area (Å²) < 4.78 is 21.1. The topological polar surface area (TPSA) is 101 Å². The van der Waals surface area contributed by atoms with E-state index in [-0.39, 0.29) is 11.4 Å². The van der Waals surface area contributed by atoms with E-state index >= 15 is 0 Å². The molecule has 178 valence electrons. The lowest BCUT2D eigenvalue weighted by molar-refractivity contribution is -0.117. The predicted molar refractivity (Wildman–Crippen MR) is 128 cm³/mol. The molecule has 34 heavy (non-hydrogen) atoms. The Balaban J connectivity index is 1.47. The quantitative estimate of drug-likeness (QED) is 0.497. The van der Waals surface area contributed by atoms with Crippen LogP contribution in [-0.2, 0) is 16.0 Å². The Morgan fingerprint density at radius 3 is 2.68 bits per heavy atom. The van der Waals surface area contributed by atoms with E-state index in [9.17, 15) is 14.0 Å². The molecule has 1 saturated heterocycles. The first-order chi connectivity index (χ1) is 16.5. The number of hydrogen-bond donors (Lipinski definition) is 2. The van der Waals surface area contributed by atoms with Crippen LogP contribution in [0.2, 0.25) is 0 Å². The van der Waals surface area contributed by atoms with Gasteiger partial charge in [0.1, 0.15) is 5.82 Å². The van der Waals surface area contributed by atoms with Crippen molar-refractivity contribution in [1.29, 1.82) is 0 Å². The molecule has 0 aliphatic carbocycles. The van der Waals surface area contributed by atoms with Crippen molar-refractivity contribution in [3.63, 3.8) is 0 Å². The zero-order valence-electron chi connectivity index (χ0n) is 18.7. The third-order valence-electron chi connectivity index (χ3n) is 5.19. The summed E-state index contributed by atoms with van der Waals surface area (Å²) in [5.74, 6) is -0.516. The minimum Gasteiger partial charge on any atom is -0.378 e. The number of benzene rings is 2. The van der Waals surface area contributed by atoms with Crippen molar-refractivity contribution >= 4 is 35.3 Å². The summed E-state index contributed by atoms with van der Waals surface area (Å²) in [6.07, 6.45) is 0.880. The molecule has 0 spiro atoms. The number of aromatic nitrogens is 3. The van der Waals surface area contributed by atoms with E-state index in [1.807, 2.05) is 16.7 Å². The normalized spacial score (nSPS) is 13.5. The maximum absolute atomic E-state index is 13.7. The number of nitrogens with one attached hydrogen (secondary N) is 2. The summed E-state index contributed by atoms with van der Waals surface area (Å²) in [6, 6.07) is 13.0. The molecule has 2 aromatic carbocycles. The number of morpholine rings is 1. The highest BCUT2D eigenvalue weighted by Gasteiger charge is 2.23. The van der Waals surface area contributed by atoms with Gasteiger partial charge in [-0.15, -0.1) is 10.2 Å². The van der Waals surface area contributed by atoms with Crippen LogP contribution in [0.1, 0.15) is 12.5 Å². The van der Waals surface area contributed by atoms with Crippen molar-refractivity contribution in [3.8, 4) is 5.69 Å². The average Bonchev–Trinajstić information content (AvgIpc) is 3.29. The molecule has 1 aliphatic rings. The minimum atomic E-state index is -0.804. The first-order valence-corrected chi connectivity index (χ1v) is 11.9. The van der Waals surface area contributed by atoms with Crippen LogP contribution in [0.5, 0.6) is 0 Å². The second-order valence-electron chi connectivity index (χ2n) is 7.51. The lowest BCUT2D eigenvalue weighted by Gasteiger charge is -2.28. The molecule has 0 bridgehead atoms. The number of ether oxygens (including phenoxy) is 1. The molecule has 9 nitrogen and oxygen atoms in total. The van der Waals surface area contributed by atoms with E-state index in [4.69, 9.17) is 4.74 Å². The molecule has 4 rings (SSSR count). The molecule has 2 N–H and O–H groups in total. The van der Waals surface area contributed by atoms with Gasteiger partial charge in [-0.3, -0.25) is 14.7 Å². The van der Waals surface area contributed by atoms with Crippen LogP contribution in [-0.4, -0.2) is 58.8 Å². The number of amides is 3.